The first-order valence-corrected chi connectivity index (χ1v) is 5.77. The molecule has 2 rings (SSSR count). The summed E-state index contributed by atoms with van der Waals surface area (Å²) in [5.41, 5.74) is 0.866. The smallest absolute Gasteiger partial charge is 0.0209 e. The minimum Gasteiger partial charge on any atom is -0.0654 e. The van der Waals surface area contributed by atoms with Crippen molar-refractivity contribution in [3.63, 3.8) is 0 Å². The van der Waals surface area contributed by atoms with E-state index in [1.807, 2.05) is 0 Å². The highest BCUT2D eigenvalue weighted by molar-refractivity contribution is 5.24. The molecule has 0 radical (unpaired) electrons. The van der Waals surface area contributed by atoms with Crippen LogP contribution in [0.1, 0.15) is 52.9 Å². The van der Waals surface area contributed by atoms with E-state index in [0.29, 0.717) is 0 Å². The van der Waals surface area contributed by atoms with Gasteiger partial charge in [0.05, 0.1) is 0 Å². The second kappa shape index (κ2) is 2.75. The third-order valence-corrected chi connectivity index (χ3v) is 4.38. The highest BCUT2D eigenvalue weighted by Crippen LogP contribution is 2.82. The lowest BCUT2D eigenvalue weighted by Crippen LogP contribution is -2.20. The van der Waals surface area contributed by atoms with Crippen molar-refractivity contribution >= 4 is 0 Å². The van der Waals surface area contributed by atoms with Gasteiger partial charge in [-0.25, -0.2) is 0 Å². The molecule has 0 heterocycles. The van der Waals surface area contributed by atoms with E-state index in [4.69, 9.17) is 0 Å². The first-order chi connectivity index (χ1) is 5.77. The van der Waals surface area contributed by atoms with Gasteiger partial charge >= 0.3 is 0 Å². The van der Waals surface area contributed by atoms with Crippen molar-refractivity contribution in [3.05, 3.63) is 0 Å². The van der Waals surface area contributed by atoms with E-state index >= 15 is 0 Å². The second-order valence-corrected chi connectivity index (χ2v) is 5.00. The number of hydrogen-bond acceptors (Lipinski definition) is 0. The van der Waals surface area contributed by atoms with E-state index in [-0.39, 0.29) is 0 Å². The van der Waals surface area contributed by atoms with Crippen LogP contribution in [-0.4, -0.2) is 0 Å². The number of fused-ring (bicyclic) bond motifs is 1. The van der Waals surface area contributed by atoms with Crippen molar-refractivity contribution in [2.45, 2.75) is 52.9 Å². The zero-order valence-electron chi connectivity index (χ0n) is 8.77. The van der Waals surface area contributed by atoms with Crippen molar-refractivity contribution in [1.82, 2.24) is 0 Å². The van der Waals surface area contributed by atoms with E-state index in [9.17, 15) is 0 Å². The molecule has 0 aliphatic heterocycles. The lowest BCUT2D eigenvalue weighted by molar-refractivity contribution is 0.205. The molecule has 0 spiro atoms. The summed E-state index contributed by atoms with van der Waals surface area (Å²) in [6.07, 6.45) is 7.34. The Balaban J connectivity index is 1.90. The van der Waals surface area contributed by atoms with Crippen LogP contribution in [0.5, 0.6) is 0 Å². The first kappa shape index (κ1) is 8.59. The summed E-state index contributed by atoms with van der Waals surface area (Å²) < 4.78 is 0. The molecule has 0 heteroatoms. The van der Waals surface area contributed by atoms with Gasteiger partial charge in [0.25, 0.3) is 0 Å². The van der Waals surface area contributed by atoms with Crippen LogP contribution >= 0.6 is 0 Å². The van der Waals surface area contributed by atoms with Crippen LogP contribution in [0.4, 0.5) is 0 Å². The fourth-order valence-electron chi connectivity index (χ4n) is 3.59. The zero-order chi connectivity index (χ0) is 8.77. The highest BCUT2D eigenvalue weighted by atomic mass is 14.8. The minimum atomic E-state index is 0.866. The van der Waals surface area contributed by atoms with Crippen molar-refractivity contribution in [2.75, 3.05) is 0 Å². The Kier molecular flexibility index (Phi) is 1.97. The molecule has 0 amide bonds. The van der Waals surface area contributed by atoms with Crippen molar-refractivity contribution < 1.29 is 0 Å². The van der Waals surface area contributed by atoms with Crippen LogP contribution < -0.4 is 0 Å². The molecule has 0 N–H and O–H groups in total. The van der Waals surface area contributed by atoms with Gasteiger partial charge in [-0.05, 0) is 36.0 Å². The average molecular weight is 166 g/mol. The standard InChI is InChI=1S/C12H22/c1-4-6-9(3)12(7-5-2)10-8-11(10)12/h9-11H,4-8H2,1-3H3. The van der Waals surface area contributed by atoms with Gasteiger partial charge in [0.1, 0.15) is 0 Å². The minimum absolute atomic E-state index is 0.866. The molecule has 12 heavy (non-hydrogen) atoms. The van der Waals surface area contributed by atoms with Gasteiger partial charge in [0, 0.05) is 0 Å². The van der Waals surface area contributed by atoms with E-state index < -0.39 is 0 Å². The lowest BCUT2D eigenvalue weighted by Gasteiger charge is -2.29. The van der Waals surface area contributed by atoms with Crippen LogP contribution in [0.25, 0.3) is 0 Å². The Labute approximate surface area is 76.7 Å². The summed E-state index contributed by atoms with van der Waals surface area (Å²) in [6.45, 7) is 7.16. The molecule has 0 aromatic rings. The van der Waals surface area contributed by atoms with Crippen LogP contribution in [0.2, 0.25) is 0 Å². The molecule has 3 unspecified atom stereocenters. The van der Waals surface area contributed by atoms with Crippen LogP contribution in [0, 0.1) is 23.2 Å². The molecule has 70 valence electrons. The number of rotatable bonds is 5. The lowest BCUT2D eigenvalue weighted by atomic mass is 9.76. The molecule has 0 aromatic carbocycles. The van der Waals surface area contributed by atoms with Crippen LogP contribution in [0.3, 0.4) is 0 Å². The van der Waals surface area contributed by atoms with Gasteiger partial charge in [-0.3, -0.25) is 0 Å². The largest absolute Gasteiger partial charge is 0.0654 e. The second-order valence-electron chi connectivity index (χ2n) is 5.00. The fourth-order valence-corrected chi connectivity index (χ4v) is 3.59. The Morgan fingerprint density at radius 2 is 1.92 bits per heavy atom. The van der Waals surface area contributed by atoms with E-state index in [1.54, 1.807) is 6.42 Å². The summed E-state index contributed by atoms with van der Waals surface area (Å²) in [5, 5.41) is 0. The maximum Gasteiger partial charge on any atom is -0.0209 e. The Bertz CT molecular complexity index is 163. The predicted octanol–water partition coefficient (Wildman–Crippen LogP) is 3.86. The monoisotopic (exact) mass is 166 g/mol. The van der Waals surface area contributed by atoms with Gasteiger partial charge < -0.3 is 0 Å². The highest BCUT2D eigenvalue weighted by Gasteiger charge is 2.76. The number of hydrogen-bond donors (Lipinski definition) is 0. The topological polar surface area (TPSA) is 0 Å². The SMILES string of the molecule is CCCC(C)C1(CCC)C2CC21. The van der Waals surface area contributed by atoms with E-state index in [1.165, 1.54) is 37.5 Å². The molecule has 3 atom stereocenters. The zero-order valence-corrected chi connectivity index (χ0v) is 8.77. The predicted molar refractivity (Wildman–Crippen MR) is 53.0 cm³/mol. The summed E-state index contributed by atoms with van der Waals surface area (Å²) in [7, 11) is 0. The average Bonchev–Trinajstić information content (AvgIpc) is 2.87. The van der Waals surface area contributed by atoms with Gasteiger partial charge in [0.15, 0.2) is 0 Å². The van der Waals surface area contributed by atoms with Crippen molar-refractivity contribution in [2.24, 2.45) is 23.2 Å². The third kappa shape index (κ3) is 0.963. The molecule has 2 aliphatic rings. The molecule has 0 nitrogen and oxygen atoms in total. The van der Waals surface area contributed by atoms with Crippen LogP contribution in [0.15, 0.2) is 0 Å². The van der Waals surface area contributed by atoms with Gasteiger partial charge in [-0.1, -0.05) is 40.0 Å². The fraction of sp³-hybridized carbons (Fsp3) is 1.00. The van der Waals surface area contributed by atoms with Gasteiger partial charge in [-0.2, -0.15) is 0 Å². The normalized spacial score (nSPS) is 45.2. The molecule has 0 saturated heterocycles. The Morgan fingerprint density at radius 3 is 2.25 bits per heavy atom. The van der Waals surface area contributed by atoms with E-state index in [0.717, 1.165) is 11.3 Å². The maximum absolute atomic E-state index is 2.49. The Morgan fingerprint density at radius 1 is 1.25 bits per heavy atom. The summed E-state index contributed by atoms with van der Waals surface area (Å²) >= 11 is 0. The Hall–Kier alpha value is 0. The first-order valence-electron chi connectivity index (χ1n) is 5.77. The molecule has 2 fully saturated rings. The molecular weight excluding hydrogens is 144 g/mol. The van der Waals surface area contributed by atoms with Crippen LogP contribution in [-0.2, 0) is 0 Å². The third-order valence-electron chi connectivity index (χ3n) is 4.38. The van der Waals surface area contributed by atoms with Crippen molar-refractivity contribution in [3.8, 4) is 0 Å². The summed E-state index contributed by atoms with van der Waals surface area (Å²) in [4.78, 5) is 0. The molecule has 0 bridgehead atoms. The quantitative estimate of drug-likeness (QED) is 0.582. The summed E-state index contributed by atoms with van der Waals surface area (Å²) in [5.74, 6) is 3.38. The maximum atomic E-state index is 2.49. The molecule has 2 saturated carbocycles. The molecular formula is C12H22. The van der Waals surface area contributed by atoms with Gasteiger partial charge in [-0.15, -0.1) is 0 Å². The summed E-state index contributed by atoms with van der Waals surface area (Å²) in [6, 6.07) is 0. The molecule has 2 aliphatic carbocycles. The molecule has 0 aromatic heterocycles. The van der Waals surface area contributed by atoms with Crippen molar-refractivity contribution in [1.29, 1.82) is 0 Å². The van der Waals surface area contributed by atoms with E-state index in [2.05, 4.69) is 20.8 Å². The van der Waals surface area contributed by atoms with Gasteiger partial charge in [0.2, 0.25) is 0 Å².